The van der Waals surface area contributed by atoms with E-state index < -0.39 is 27.7 Å². The van der Waals surface area contributed by atoms with E-state index in [1.165, 1.54) is 12.1 Å². The summed E-state index contributed by atoms with van der Waals surface area (Å²) in [5.41, 5.74) is 0.886. The summed E-state index contributed by atoms with van der Waals surface area (Å²) in [6.45, 7) is 3.83. The summed E-state index contributed by atoms with van der Waals surface area (Å²) in [7, 11) is -4.14. The lowest BCUT2D eigenvalue weighted by molar-refractivity contribution is -0.153. The highest BCUT2D eigenvalue weighted by molar-refractivity contribution is 7.91. The van der Waals surface area contributed by atoms with Gasteiger partial charge in [-0.05, 0) is 23.6 Å². The topological polar surface area (TPSA) is 57.9 Å². The van der Waals surface area contributed by atoms with Crippen molar-refractivity contribution in [2.45, 2.75) is 30.8 Å². The van der Waals surface area contributed by atoms with Crippen LogP contribution >= 0.6 is 0 Å². The van der Waals surface area contributed by atoms with Gasteiger partial charge in [0.05, 0.1) is 16.7 Å². The van der Waals surface area contributed by atoms with Crippen LogP contribution in [0.3, 0.4) is 0 Å². The van der Waals surface area contributed by atoms with Gasteiger partial charge in [0.1, 0.15) is 0 Å². The van der Waals surface area contributed by atoms with E-state index in [0.29, 0.717) is 0 Å². The lowest BCUT2D eigenvalue weighted by Gasteiger charge is -2.14. The predicted molar refractivity (Wildman–Crippen MR) is 67.7 cm³/mol. The van der Waals surface area contributed by atoms with Crippen LogP contribution in [-0.2, 0) is 9.84 Å². The van der Waals surface area contributed by atoms with Crippen LogP contribution in [0.2, 0.25) is 0 Å². The van der Waals surface area contributed by atoms with Gasteiger partial charge in [0.25, 0.3) is 0 Å². The first kappa shape index (κ1) is 16.5. The molecule has 0 aliphatic carbocycles. The zero-order valence-corrected chi connectivity index (χ0v) is 11.8. The highest BCUT2D eigenvalue weighted by Crippen LogP contribution is 2.29. The minimum atomic E-state index is -4.85. The molecule has 110 valence electrons. The Bertz CT molecular complexity index is 598. The molecule has 0 spiro atoms. The molecule has 0 fully saturated rings. The van der Waals surface area contributed by atoms with E-state index in [0.717, 1.165) is 11.6 Å². The zero-order valence-electron chi connectivity index (χ0n) is 11.0. The molecule has 0 heterocycles. The molecule has 1 rings (SSSR count). The average Bonchev–Trinajstić information content (AvgIpc) is 2.34. The fraction of sp³-hybridized carbons (Fsp3) is 0.462. The van der Waals surface area contributed by atoms with Crippen molar-refractivity contribution < 1.29 is 21.6 Å². The van der Waals surface area contributed by atoms with Crippen LogP contribution in [0.4, 0.5) is 13.2 Å². The molecule has 0 saturated carbocycles. The van der Waals surface area contributed by atoms with Crippen molar-refractivity contribution in [2.24, 2.45) is 5.92 Å². The van der Waals surface area contributed by atoms with Gasteiger partial charge in [0, 0.05) is 0 Å². The van der Waals surface area contributed by atoms with Crippen molar-refractivity contribution >= 4 is 9.84 Å². The van der Waals surface area contributed by atoms with E-state index in [4.69, 9.17) is 5.26 Å². The molecule has 1 unspecified atom stereocenters. The van der Waals surface area contributed by atoms with Crippen LogP contribution in [0.15, 0.2) is 29.2 Å². The quantitative estimate of drug-likeness (QED) is 0.857. The van der Waals surface area contributed by atoms with Crippen molar-refractivity contribution in [3.63, 3.8) is 0 Å². The van der Waals surface area contributed by atoms with Crippen LogP contribution in [0, 0.1) is 17.2 Å². The average molecular weight is 305 g/mol. The Labute approximate surface area is 116 Å². The number of sulfone groups is 1. The van der Waals surface area contributed by atoms with E-state index in [2.05, 4.69) is 0 Å². The largest absolute Gasteiger partial charge is 0.405 e. The third kappa shape index (κ3) is 3.97. The van der Waals surface area contributed by atoms with Gasteiger partial charge in [-0.3, -0.25) is 0 Å². The third-order valence-electron chi connectivity index (χ3n) is 2.84. The predicted octanol–water partition coefficient (Wildman–Crippen LogP) is 3.29. The molecular formula is C13H14F3NO2S. The van der Waals surface area contributed by atoms with E-state index in [-0.39, 0.29) is 10.8 Å². The molecule has 1 atom stereocenters. The SMILES string of the molecule is CC(C)c1ccc(S(=O)(=O)CC(C#N)C(F)(F)F)cc1. The van der Waals surface area contributed by atoms with Crippen LogP contribution < -0.4 is 0 Å². The van der Waals surface area contributed by atoms with E-state index >= 15 is 0 Å². The van der Waals surface area contributed by atoms with Gasteiger partial charge in [0.15, 0.2) is 15.8 Å². The Morgan fingerprint density at radius 3 is 2.05 bits per heavy atom. The second kappa shape index (κ2) is 5.83. The van der Waals surface area contributed by atoms with Gasteiger partial charge >= 0.3 is 6.18 Å². The Balaban J connectivity index is 3.03. The number of hydrogen-bond donors (Lipinski definition) is 0. The minimum absolute atomic E-state index is 0.189. The summed E-state index contributed by atoms with van der Waals surface area (Å²) in [6.07, 6.45) is -4.85. The van der Waals surface area contributed by atoms with Gasteiger partial charge in [0.2, 0.25) is 0 Å². The summed E-state index contributed by atoms with van der Waals surface area (Å²) in [4.78, 5) is -0.202. The van der Waals surface area contributed by atoms with E-state index in [9.17, 15) is 21.6 Å². The molecule has 20 heavy (non-hydrogen) atoms. The normalized spacial score (nSPS) is 14.1. The van der Waals surface area contributed by atoms with Crippen molar-refractivity contribution in [1.82, 2.24) is 0 Å². The van der Waals surface area contributed by atoms with E-state index in [1.807, 2.05) is 13.8 Å². The molecule has 1 aromatic carbocycles. The standard InChI is InChI=1S/C13H14F3NO2S/c1-9(2)10-3-5-12(6-4-10)20(18,19)8-11(7-17)13(14,15)16/h3-6,9,11H,8H2,1-2H3. The van der Waals surface area contributed by atoms with E-state index in [1.54, 1.807) is 12.1 Å². The first-order valence-electron chi connectivity index (χ1n) is 5.87. The Kier molecular flexibility index (Phi) is 4.81. The van der Waals surface area contributed by atoms with Crippen molar-refractivity contribution in [3.8, 4) is 6.07 Å². The van der Waals surface area contributed by atoms with Gasteiger partial charge < -0.3 is 0 Å². The summed E-state index contributed by atoms with van der Waals surface area (Å²) in [6, 6.07) is 6.66. The highest BCUT2D eigenvalue weighted by Gasteiger charge is 2.43. The molecule has 0 amide bonds. The second-order valence-electron chi connectivity index (χ2n) is 4.73. The van der Waals surface area contributed by atoms with Crippen molar-refractivity contribution in [3.05, 3.63) is 29.8 Å². The molecule has 0 bridgehead atoms. The Hall–Kier alpha value is -1.55. The van der Waals surface area contributed by atoms with Crippen LogP contribution in [0.25, 0.3) is 0 Å². The number of nitrogens with zero attached hydrogens (tertiary/aromatic N) is 1. The molecule has 0 aliphatic heterocycles. The summed E-state index contributed by atoms with van der Waals surface area (Å²) >= 11 is 0. The van der Waals surface area contributed by atoms with Gasteiger partial charge in [-0.2, -0.15) is 18.4 Å². The number of halogens is 3. The lowest BCUT2D eigenvalue weighted by Crippen LogP contribution is -2.28. The summed E-state index contributed by atoms with van der Waals surface area (Å²) in [5.74, 6) is -3.58. The first-order chi connectivity index (χ1) is 9.08. The minimum Gasteiger partial charge on any atom is -0.224 e. The zero-order chi connectivity index (χ0) is 15.6. The molecular weight excluding hydrogens is 291 g/mol. The number of rotatable bonds is 4. The number of hydrogen-bond acceptors (Lipinski definition) is 3. The maximum atomic E-state index is 12.4. The van der Waals surface area contributed by atoms with Crippen LogP contribution in [0.1, 0.15) is 25.3 Å². The monoisotopic (exact) mass is 305 g/mol. The van der Waals surface area contributed by atoms with Crippen molar-refractivity contribution in [2.75, 3.05) is 5.75 Å². The molecule has 0 aliphatic rings. The maximum absolute atomic E-state index is 12.4. The summed E-state index contributed by atoms with van der Waals surface area (Å²) < 4.78 is 61.1. The van der Waals surface area contributed by atoms with Crippen LogP contribution in [-0.4, -0.2) is 20.3 Å². The Morgan fingerprint density at radius 1 is 1.20 bits per heavy atom. The fourth-order valence-corrected chi connectivity index (χ4v) is 3.03. The Morgan fingerprint density at radius 2 is 1.70 bits per heavy atom. The molecule has 0 radical (unpaired) electrons. The molecule has 0 aromatic heterocycles. The number of alkyl halides is 3. The first-order valence-corrected chi connectivity index (χ1v) is 7.52. The maximum Gasteiger partial charge on any atom is 0.405 e. The lowest BCUT2D eigenvalue weighted by atomic mass is 10.0. The van der Waals surface area contributed by atoms with Gasteiger partial charge in [-0.1, -0.05) is 26.0 Å². The molecule has 0 N–H and O–H groups in total. The number of nitriles is 1. The molecule has 0 saturated heterocycles. The van der Waals surface area contributed by atoms with Gasteiger partial charge in [-0.25, -0.2) is 8.42 Å². The van der Waals surface area contributed by atoms with Crippen molar-refractivity contribution in [1.29, 1.82) is 5.26 Å². The molecule has 3 nitrogen and oxygen atoms in total. The third-order valence-corrected chi connectivity index (χ3v) is 4.61. The second-order valence-corrected chi connectivity index (χ2v) is 6.76. The highest BCUT2D eigenvalue weighted by atomic mass is 32.2. The summed E-state index contributed by atoms with van der Waals surface area (Å²) in [5, 5.41) is 8.45. The fourth-order valence-electron chi connectivity index (χ4n) is 1.58. The molecule has 7 heteroatoms. The molecule has 1 aromatic rings. The smallest absolute Gasteiger partial charge is 0.224 e. The van der Waals surface area contributed by atoms with Gasteiger partial charge in [-0.15, -0.1) is 0 Å². The van der Waals surface area contributed by atoms with Crippen LogP contribution in [0.5, 0.6) is 0 Å². The number of benzene rings is 1.